The minimum Gasteiger partial charge on any atom is -0.493 e. The first-order chi connectivity index (χ1) is 9.99. The molecule has 0 bridgehead atoms. The van der Waals surface area contributed by atoms with E-state index in [0.717, 1.165) is 32.3 Å². The van der Waals surface area contributed by atoms with Gasteiger partial charge >= 0.3 is 0 Å². The molecule has 0 fully saturated rings. The van der Waals surface area contributed by atoms with Crippen LogP contribution in [-0.4, -0.2) is 12.1 Å². The Balaban J connectivity index is 2.19. The number of nitrogens with zero attached hydrogens (tertiary/aromatic N) is 1. The molecule has 1 aromatic heterocycles. The van der Waals surface area contributed by atoms with Gasteiger partial charge in [0.15, 0.2) is 11.3 Å². The molecule has 4 nitrogen and oxygen atoms in total. The van der Waals surface area contributed by atoms with E-state index in [9.17, 15) is 0 Å². The highest BCUT2D eigenvalue weighted by molar-refractivity contribution is 9.10. The van der Waals surface area contributed by atoms with Crippen molar-refractivity contribution in [2.45, 2.75) is 13.8 Å². The number of methoxy groups -OCH3 is 1. The van der Waals surface area contributed by atoms with E-state index in [4.69, 9.17) is 14.9 Å². The molecule has 21 heavy (non-hydrogen) atoms. The molecule has 3 aromatic rings. The molecule has 0 saturated heterocycles. The maximum Gasteiger partial charge on any atom is 0.227 e. The molecule has 108 valence electrons. The van der Waals surface area contributed by atoms with Crippen molar-refractivity contribution in [3.63, 3.8) is 0 Å². The van der Waals surface area contributed by atoms with Gasteiger partial charge < -0.3 is 14.9 Å². The predicted molar refractivity (Wildman–Crippen MR) is 87.6 cm³/mol. The Morgan fingerprint density at radius 3 is 2.62 bits per heavy atom. The number of fused-ring (bicyclic) bond motifs is 1. The van der Waals surface area contributed by atoms with Gasteiger partial charge in [-0.1, -0.05) is 6.07 Å². The summed E-state index contributed by atoms with van der Waals surface area (Å²) in [6, 6.07) is 7.78. The number of ether oxygens (including phenoxy) is 1. The van der Waals surface area contributed by atoms with Crippen LogP contribution in [0.3, 0.4) is 0 Å². The van der Waals surface area contributed by atoms with Gasteiger partial charge in [-0.3, -0.25) is 0 Å². The van der Waals surface area contributed by atoms with Gasteiger partial charge in [0.2, 0.25) is 5.89 Å². The van der Waals surface area contributed by atoms with Crippen molar-refractivity contribution in [3.05, 3.63) is 39.9 Å². The first-order valence-corrected chi connectivity index (χ1v) is 7.30. The standard InChI is InChI=1S/C16H15BrN2O2/c1-8-4-9(2)14-13(5-8)19-16(21-14)10-6-11(17)15(20-3)12(18)7-10/h4-7H,18H2,1-3H3. The quantitative estimate of drug-likeness (QED) is 0.695. The number of aromatic nitrogens is 1. The van der Waals surface area contributed by atoms with Crippen molar-refractivity contribution in [2.24, 2.45) is 0 Å². The second kappa shape index (κ2) is 5.07. The van der Waals surface area contributed by atoms with Crippen molar-refractivity contribution in [1.82, 2.24) is 4.98 Å². The first kappa shape index (κ1) is 13.9. The van der Waals surface area contributed by atoms with Gasteiger partial charge in [-0.05, 0) is 59.1 Å². The van der Waals surface area contributed by atoms with E-state index in [1.807, 2.05) is 26.0 Å². The number of oxazole rings is 1. The lowest BCUT2D eigenvalue weighted by atomic mass is 10.1. The lowest BCUT2D eigenvalue weighted by Gasteiger charge is -2.08. The number of rotatable bonds is 2. The van der Waals surface area contributed by atoms with Crippen LogP contribution in [0.2, 0.25) is 0 Å². The lowest BCUT2D eigenvalue weighted by Crippen LogP contribution is -1.94. The van der Waals surface area contributed by atoms with E-state index in [1.165, 1.54) is 0 Å². The van der Waals surface area contributed by atoms with Gasteiger partial charge in [-0.15, -0.1) is 0 Å². The smallest absolute Gasteiger partial charge is 0.227 e. The molecule has 0 amide bonds. The molecule has 0 saturated carbocycles. The van der Waals surface area contributed by atoms with Crippen LogP contribution in [-0.2, 0) is 0 Å². The summed E-state index contributed by atoms with van der Waals surface area (Å²) >= 11 is 3.45. The Morgan fingerprint density at radius 2 is 1.95 bits per heavy atom. The Bertz CT molecular complexity index is 817. The van der Waals surface area contributed by atoms with Crippen molar-refractivity contribution in [1.29, 1.82) is 0 Å². The molecular formula is C16H15BrN2O2. The van der Waals surface area contributed by atoms with Crippen LogP contribution in [0.4, 0.5) is 5.69 Å². The fourth-order valence-electron chi connectivity index (χ4n) is 2.45. The van der Waals surface area contributed by atoms with Gasteiger partial charge in [0, 0.05) is 5.56 Å². The summed E-state index contributed by atoms with van der Waals surface area (Å²) in [7, 11) is 1.59. The molecule has 2 N–H and O–H groups in total. The topological polar surface area (TPSA) is 61.3 Å². The van der Waals surface area contributed by atoms with Gasteiger partial charge in [-0.2, -0.15) is 0 Å². The van der Waals surface area contributed by atoms with Crippen molar-refractivity contribution < 1.29 is 9.15 Å². The fourth-order valence-corrected chi connectivity index (χ4v) is 3.09. The number of aryl methyl sites for hydroxylation is 2. The normalized spacial score (nSPS) is 11.0. The number of halogens is 1. The van der Waals surface area contributed by atoms with E-state index in [0.29, 0.717) is 17.3 Å². The van der Waals surface area contributed by atoms with Crippen LogP contribution in [0.25, 0.3) is 22.6 Å². The zero-order valence-electron chi connectivity index (χ0n) is 12.0. The average molecular weight is 347 g/mol. The number of nitrogens with two attached hydrogens (primary N) is 1. The van der Waals surface area contributed by atoms with Crippen LogP contribution in [0.1, 0.15) is 11.1 Å². The highest BCUT2D eigenvalue weighted by Gasteiger charge is 2.14. The van der Waals surface area contributed by atoms with Crippen LogP contribution in [0.15, 0.2) is 33.2 Å². The van der Waals surface area contributed by atoms with Crippen LogP contribution in [0, 0.1) is 13.8 Å². The highest BCUT2D eigenvalue weighted by Crippen LogP contribution is 2.37. The highest BCUT2D eigenvalue weighted by atomic mass is 79.9. The second-order valence-corrected chi connectivity index (χ2v) is 5.88. The molecule has 0 spiro atoms. The summed E-state index contributed by atoms with van der Waals surface area (Å²) in [5.41, 5.74) is 11.2. The van der Waals surface area contributed by atoms with Gasteiger partial charge in [-0.25, -0.2) is 4.98 Å². The molecule has 0 aliphatic heterocycles. The average Bonchev–Trinajstić information content (AvgIpc) is 2.82. The number of anilines is 1. The van der Waals surface area contributed by atoms with Gasteiger partial charge in [0.1, 0.15) is 5.52 Å². The molecule has 0 radical (unpaired) electrons. The zero-order valence-corrected chi connectivity index (χ0v) is 13.6. The maximum atomic E-state index is 5.99. The van der Waals surface area contributed by atoms with Gasteiger partial charge in [0.25, 0.3) is 0 Å². The van der Waals surface area contributed by atoms with E-state index in [-0.39, 0.29) is 0 Å². The zero-order chi connectivity index (χ0) is 15.1. The van der Waals surface area contributed by atoms with Crippen LogP contribution >= 0.6 is 15.9 Å². The Morgan fingerprint density at radius 1 is 1.19 bits per heavy atom. The summed E-state index contributed by atoms with van der Waals surface area (Å²) < 4.78 is 11.9. The third-order valence-corrected chi connectivity index (χ3v) is 3.93. The Labute approximate surface area is 131 Å². The van der Waals surface area contributed by atoms with Crippen molar-refractivity contribution >= 4 is 32.7 Å². The Hall–Kier alpha value is -2.01. The molecule has 0 atom stereocenters. The van der Waals surface area contributed by atoms with E-state index in [1.54, 1.807) is 13.2 Å². The van der Waals surface area contributed by atoms with E-state index >= 15 is 0 Å². The first-order valence-electron chi connectivity index (χ1n) is 6.50. The van der Waals surface area contributed by atoms with E-state index in [2.05, 4.69) is 27.0 Å². The maximum absolute atomic E-state index is 5.99. The summed E-state index contributed by atoms with van der Waals surface area (Å²) in [6.45, 7) is 4.06. The lowest BCUT2D eigenvalue weighted by molar-refractivity contribution is 0.414. The minimum atomic E-state index is 0.539. The third kappa shape index (κ3) is 2.38. The van der Waals surface area contributed by atoms with E-state index < -0.39 is 0 Å². The Kier molecular flexibility index (Phi) is 3.37. The monoisotopic (exact) mass is 346 g/mol. The molecule has 0 unspecified atom stereocenters. The minimum absolute atomic E-state index is 0.539. The molecule has 0 aliphatic carbocycles. The number of nitrogen functional groups attached to an aromatic ring is 1. The van der Waals surface area contributed by atoms with Crippen molar-refractivity contribution in [3.8, 4) is 17.2 Å². The molecule has 2 aromatic carbocycles. The molecular weight excluding hydrogens is 332 g/mol. The fraction of sp³-hybridized carbons (Fsp3) is 0.188. The summed E-state index contributed by atoms with van der Waals surface area (Å²) in [6.07, 6.45) is 0. The summed E-state index contributed by atoms with van der Waals surface area (Å²) in [5.74, 6) is 1.16. The molecule has 3 rings (SSSR count). The SMILES string of the molecule is COc1c(N)cc(-c2nc3cc(C)cc(C)c3o2)cc1Br. The number of benzene rings is 2. The number of hydrogen-bond acceptors (Lipinski definition) is 4. The van der Waals surface area contributed by atoms with Gasteiger partial charge in [0.05, 0.1) is 17.3 Å². The summed E-state index contributed by atoms with van der Waals surface area (Å²) in [4.78, 5) is 4.56. The molecule has 1 heterocycles. The molecule has 5 heteroatoms. The van der Waals surface area contributed by atoms with Crippen LogP contribution in [0.5, 0.6) is 5.75 Å². The van der Waals surface area contributed by atoms with Crippen molar-refractivity contribution in [2.75, 3.05) is 12.8 Å². The largest absolute Gasteiger partial charge is 0.493 e. The summed E-state index contributed by atoms with van der Waals surface area (Å²) in [5, 5.41) is 0. The number of hydrogen-bond donors (Lipinski definition) is 1. The molecule has 0 aliphatic rings. The second-order valence-electron chi connectivity index (χ2n) is 5.03. The third-order valence-electron chi connectivity index (χ3n) is 3.34. The van der Waals surface area contributed by atoms with Crippen LogP contribution < -0.4 is 10.5 Å². The predicted octanol–water partition coefficient (Wildman–Crippen LogP) is 4.46.